The molecule has 7 nitrogen and oxygen atoms in total. The second-order valence-electron chi connectivity index (χ2n) is 5.67. The van der Waals surface area contributed by atoms with E-state index < -0.39 is 0 Å². The topological polar surface area (TPSA) is 72.7 Å². The van der Waals surface area contributed by atoms with Gasteiger partial charge in [-0.15, -0.1) is 24.0 Å². The third-order valence-corrected chi connectivity index (χ3v) is 3.82. The van der Waals surface area contributed by atoms with Gasteiger partial charge in [0.15, 0.2) is 5.96 Å². The Balaban J connectivity index is 0.00000576. The smallest absolute Gasteiger partial charge is 0.191 e. The molecule has 0 aromatic carbocycles. The summed E-state index contributed by atoms with van der Waals surface area (Å²) in [6, 6.07) is 0. The minimum absolute atomic E-state index is 0. The third-order valence-electron chi connectivity index (χ3n) is 3.82. The molecular weight excluding hydrogens is 433 g/mol. The van der Waals surface area contributed by atoms with Crippen molar-refractivity contribution < 1.29 is 9.47 Å². The van der Waals surface area contributed by atoms with Gasteiger partial charge < -0.3 is 20.1 Å². The van der Waals surface area contributed by atoms with Crippen molar-refractivity contribution in [1.82, 2.24) is 20.4 Å². The van der Waals surface area contributed by atoms with E-state index in [9.17, 15) is 0 Å². The largest absolute Gasteiger partial charge is 0.382 e. The fourth-order valence-electron chi connectivity index (χ4n) is 2.43. The molecule has 1 aromatic rings. The highest BCUT2D eigenvalue weighted by molar-refractivity contribution is 14.0. The van der Waals surface area contributed by atoms with E-state index in [-0.39, 0.29) is 24.0 Å². The van der Waals surface area contributed by atoms with E-state index in [1.165, 1.54) is 11.3 Å². The highest BCUT2D eigenvalue weighted by Crippen LogP contribution is 2.11. The number of aliphatic imine (C=N–C) groups is 1. The van der Waals surface area contributed by atoms with Crippen molar-refractivity contribution in [1.29, 1.82) is 0 Å². The number of ether oxygens (including phenoxy) is 2. The number of nitrogens with zero attached hydrogens (tertiary/aromatic N) is 3. The molecule has 0 atom stereocenters. The minimum Gasteiger partial charge on any atom is -0.382 e. The van der Waals surface area contributed by atoms with E-state index in [0.29, 0.717) is 19.8 Å². The predicted octanol–water partition coefficient (Wildman–Crippen LogP) is 1.81. The number of guanidine groups is 1. The molecular formula is C17H34IN5O2. The van der Waals surface area contributed by atoms with Gasteiger partial charge in [-0.2, -0.15) is 5.10 Å². The second-order valence-corrected chi connectivity index (χ2v) is 5.67. The monoisotopic (exact) mass is 467 g/mol. The van der Waals surface area contributed by atoms with Crippen LogP contribution in [0.2, 0.25) is 0 Å². The van der Waals surface area contributed by atoms with Crippen LogP contribution in [0, 0.1) is 13.8 Å². The van der Waals surface area contributed by atoms with Crippen molar-refractivity contribution >= 4 is 29.9 Å². The van der Waals surface area contributed by atoms with Gasteiger partial charge in [0.25, 0.3) is 0 Å². The van der Waals surface area contributed by atoms with Gasteiger partial charge in [-0.25, -0.2) is 0 Å². The third kappa shape index (κ3) is 9.41. The predicted molar refractivity (Wildman–Crippen MR) is 113 cm³/mol. The molecule has 0 fully saturated rings. The lowest BCUT2D eigenvalue weighted by Gasteiger charge is -2.11. The molecule has 0 aliphatic rings. The average Bonchev–Trinajstić information content (AvgIpc) is 2.80. The Hall–Kier alpha value is -0.870. The molecule has 0 aliphatic heterocycles. The zero-order valence-corrected chi connectivity index (χ0v) is 18.6. The summed E-state index contributed by atoms with van der Waals surface area (Å²) in [5, 5.41) is 11.1. The summed E-state index contributed by atoms with van der Waals surface area (Å²) >= 11 is 0. The molecule has 0 radical (unpaired) electrons. The van der Waals surface area contributed by atoms with Crippen LogP contribution in [-0.4, -0.2) is 62.3 Å². The van der Waals surface area contributed by atoms with Crippen LogP contribution in [0.25, 0.3) is 0 Å². The van der Waals surface area contributed by atoms with E-state index in [2.05, 4.69) is 41.5 Å². The van der Waals surface area contributed by atoms with Crippen molar-refractivity contribution in [3.05, 3.63) is 17.0 Å². The Kier molecular flexibility index (Phi) is 13.8. The molecule has 0 amide bonds. The Morgan fingerprint density at radius 1 is 1.20 bits per heavy atom. The molecule has 1 heterocycles. The Bertz CT molecular complexity index is 505. The number of halogens is 1. The van der Waals surface area contributed by atoms with E-state index >= 15 is 0 Å². The molecule has 146 valence electrons. The molecule has 0 spiro atoms. The summed E-state index contributed by atoms with van der Waals surface area (Å²) in [4.78, 5) is 4.57. The fourth-order valence-corrected chi connectivity index (χ4v) is 2.43. The minimum atomic E-state index is 0. The zero-order valence-electron chi connectivity index (χ0n) is 16.2. The first-order valence-electron chi connectivity index (χ1n) is 8.68. The number of aromatic nitrogens is 2. The first-order valence-corrected chi connectivity index (χ1v) is 8.68. The van der Waals surface area contributed by atoms with Gasteiger partial charge in [-0.05, 0) is 39.2 Å². The maximum atomic E-state index is 5.44. The Morgan fingerprint density at radius 2 is 1.96 bits per heavy atom. The van der Waals surface area contributed by atoms with Crippen LogP contribution in [-0.2, 0) is 22.9 Å². The van der Waals surface area contributed by atoms with Crippen molar-refractivity contribution in [3.8, 4) is 0 Å². The van der Waals surface area contributed by atoms with E-state index in [4.69, 9.17) is 9.47 Å². The number of aryl methyl sites for hydroxylation is 2. The van der Waals surface area contributed by atoms with Gasteiger partial charge >= 0.3 is 0 Å². The average molecular weight is 467 g/mol. The molecule has 0 aliphatic carbocycles. The molecule has 25 heavy (non-hydrogen) atoms. The Morgan fingerprint density at radius 3 is 2.56 bits per heavy atom. The number of hydrogen-bond donors (Lipinski definition) is 2. The van der Waals surface area contributed by atoms with Crippen LogP contribution in [0.4, 0.5) is 0 Å². The molecule has 2 N–H and O–H groups in total. The summed E-state index contributed by atoms with van der Waals surface area (Å²) in [6.45, 7) is 10.7. The van der Waals surface area contributed by atoms with Crippen molar-refractivity contribution in [2.24, 2.45) is 12.0 Å². The van der Waals surface area contributed by atoms with E-state index in [1.807, 2.05) is 11.7 Å². The van der Waals surface area contributed by atoms with Gasteiger partial charge in [-0.1, -0.05) is 0 Å². The highest BCUT2D eigenvalue weighted by atomic mass is 127. The lowest BCUT2D eigenvalue weighted by Crippen LogP contribution is -2.38. The molecule has 8 heteroatoms. The maximum absolute atomic E-state index is 5.44. The standard InChI is InChI=1S/C17H33N5O2.HI/c1-6-18-17(19-9-7-11-24-13-12-23-5)20-10-8-16-14(2)21-22(4)15(16)3;/h6-13H2,1-5H3,(H2,18,19,20);1H. The summed E-state index contributed by atoms with van der Waals surface area (Å²) < 4.78 is 12.3. The molecule has 0 saturated heterocycles. The van der Waals surface area contributed by atoms with E-state index in [0.717, 1.165) is 44.1 Å². The van der Waals surface area contributed by atoms with E-state index in [1.54, 1.807) is 7.11 Å². The fraction of sp³-hybridized carbons (Fsp3) is 0.765. The molecule has 1 aromatic heterocycles. The lowest BCUT2D eigenvalue weighted by molar-refractivity contribution is 0.0702. The number of rotatable bonds is 11. The lowest BCUT2D eigenvalue weighted by atomic mass is 10.1. The first kappa shape index (κ1) is 24.1. The summed E-state index contributed by atoms with van der Waals surface area (Å²) in [5.41, 5.74) is 3.64. The van der Waals surface area contributed by atoms with Crippen LogP contribution in [0.5, 0.6) is 0 Å². The van der Waals surface area contributed by atoms with Gasteiger partial charge in [0.2, 0.25) is 0 Å². The summed E-state index contributed by atoms with van der Waals surface area (Å²) in [6.07, 6.45) is 1.84. The molecule has 0 saturated carbocycles. The summed E-state index contributed by atoms with van der Waals surface area (Å²) in [5.74, 6) is 0.855. The quantitative estimate of drug-likeness (QED) is 0.225. The summed E-state index contributed by atoms with van der Waals surface area (Å²) in [7, 11) is 3.66. The van der Waals surface area contributed by atoms with Crippen molar-refractivity contribution in [2.75, 3.05) is 46.6 Å². The van der Waals surface area contributed by atoms with Crippen molar-refractivity contribution in [3.63, 3.8) is 0 Å². The van der Waals surface area contributed by atoms with Gasteiger partial charge in [0, 0.05) is 46.1 Å². The van der Waals surface area contributed by atoms with Gasteiger partial charge in [0.1, 0.15) is 0 Å². The van der Waals surface area contributed by atoms with Crippen LogP contribution in [0.1, 0.15) is 30.3 Å². The van der Waals surface area contributed by atoms with Gasteiger partial charge in [-0.3, -0.25) is 9.67 Å². The number of hydrogen-bond acceptors (Lipinski definition) is 4. The maximum Gasteiger partial charge on any atom is 0.191 e. The highest BCUT2D eigenvalue weighted by Gasteiger charge is 2.08. The SMILES string of the molecule is CCNC(=NCCCOCCOC)NCCc1c(C)nn(C)c1C.I. The Labute approximate surface area is 169 Å². The van der Waals surface area contributed by atoms with Crippen molar-refractivity contribution in [2.45, 2.75) is 33.6 Å². The van der Waals surface area contributed by atoms with Gasteiger partial charge in [0.05, 0.1) is 18.9 Å². The normalized spacial score (nSPS) is 11.3. The number of methoxy groups -OCH3 is 1. The second kappa shape index (κ2) is 14.3. The van der Waals surface area contributed by atoms with Crippen LogP contribution < -0.4 is 10.6 Å². The number of nitrogens with one attached hydrogen (secondary N) is 2. The van der Waals surface area contributed by atoms with Crippen LogP contribution in [0.15, 0.2) is 4.99 Å². The molecule has 1 rings (SSSR count). The van der Waals surface area contributed by atoms with Crippen LogP contribution >= 0.6 is 24.0 Å². The zero-order chi connectivity index (χ0) is 17.8. The molecule has 0 bridgehead atoms. The van der Waals surface area contributed by atoms with Crippen LogP contribution in [0.3, 0.4) is 0 Å². The molecule has 0 unspecified atom stereocenters. The first-order chi connectivity index (χ1) is 11.6.